The van der Waals surface area contributed by atoms with Crippen LogP contribution in [0.5, 0.6) is 11.5 Å². The number of aromatic nitrogens is 2. The van der Waals surface area contributed by atoms with Gasteiger partial charge >= 0.3 is 0 Å². The summed E-state index contributed by atoms with van der Waals surface area (Å²) < 4.78 is 6.01. The molecule has 0 atom stereocenters. The van der Waals surface area contributed by atoms with E-state index in [9.17, 15) is 0 Å². The number of likely N-dealkylation sites (tertiary alicyclic amines) is 1. The molecule has 0 unspecified atom stereocenters. The van der Waals surface area contributed by atoms with Crippen LogP contribution < -0.4 is 15.8 Å². The number of para-hydroxylation sites is 1. The predicted molar refractivity (Wildman–Crippen MR) is 141 cm³/mol. The van der Waals surface area contributed by atoms with Crippen molar-refractivity contribution in [3.8, 4) is 23.3 Å². The minimum atomic E-state index is 0.335. The van der Waals surface area contributed by atoms with E-state index in [0.717, 1.165) is 77.5 Å². The summed E-state index contributed by atoms with van der Waals surface area (Å²) in [7, 11) is 0. The molecule has 3 aromatic carbocycles. The lowest BCUT2D eigenvalue weighted by molar-refractivity contribution is 0.236. The number of hydrogen-bond acceptors (Lipinski definition) is 6. The maximum atomic E-state index is 6.01. The third-order valence-electron chi connectivity index (χ3n) is 6.21. The first kappa shape index (κ1) is 22.9. The Morgan fingerprint density at radius 2 is 1.86 bits per heavy atom. The smallest absolute Gasteiger partial charge is 0.141 e. The van der Waals surface area contributed by atoms with Gasteiger partial charge in [0.15, 0.2) is 0 Å². The van der Waals surface area contributed by atoms with Gasteiger partial charge in [0, 0.05) is 35.8 Å². The third kappa shape index (κ3) is 5.78. The largest absolute Gasteiger partial charge is 0.457 e. The fourth-order valence-electron chi connectivity index (χ4n) is 4.19. The summed E-state index contributed by atoms with van der Waals surface area (Å²) in [5, 5.41) is 4.38. The molecule has 0 saturated carbocycles. The van der Waals surface area contributed by atoms with Gasteiger partial charge in [-0.05, 0) is 73.9 Å². The number of nitrogens with one attached hydrogen (secondary N) is 1. The van der Waals surface area contributed by atoms with Gasteiger partial charge in [0.1, 0.15) is 23.6 Å². The molecular weight excluding hydrogens is 434 g/mol. The molecule has 6 nitrogen and oxygen atoms in total. The molecule has 2 heterocycles. The highest BCUT2D eigenvalue weighted by molar-refractivity contribution is 5.91. The fourth-order valence-corrected chi connectivity index (χ4v) is 4.19. The Morgan fingerprint density at radius 1 is 1.03 bits per heavy atom. The summed E-state index contributed by atoms with van der Waals surface area (Å²) in [6, 6.07) is 22.2. The lowest BCUT2D eigenvalue weighted by Gasteiger charge is -2.28. The molecule has 1 fully saturated rings. The second-order valence-corrected chi connectivity index (χ2v) is 8.89. The molecule has 1 saturated heterocycles. The molecule has 5 rings (SSSR count). The summed E-state index contributed by atoms with van der Waals surface area (Å²) in [5.74, 6) is 9.00. The third-order valence-corrected chi connectivity index (χ3v) is 6.21. The molecule has 3 N–H and O–H groups in total. The van der Waals surface area contributed by atoms with Crippen LogP contribution in [0.15, 0.2) is 73.1 Å². The van der Waals surface area contributed by atoms with E-state index >= 15 is 0 Å². The van der Waals surface area contributed by atoms with Gasteiger partial charge in [-0.3, -0.25) is 4.90 Å². The quantitative estimate of drug-likeness (QED) is 0.394. The Morgan fingerprint density at radius 3 is 2.66 bits per heavy atom. The van der Waals surface area contributed by atoms with Gasteiger partial charge < -0.3 is 15.8 Å². The number of rotatable bonds is 5. The maximum Gasteiger partial charge on any atom is 0.141 e. The first-order chi connectivity index (χ1) is 17.1. The number of nitrogens with two attached hydrogens (primary N) is 1. The number of fused-ring (bicyclic) bond motifs is 1. The number of anilines is 2. The van der Waals surface area contributed by atoms with Crippen molar-refractivity contribution < 1.29 is 4.74 Å². The van der Waals surface area contributed by atoms with Crippen LogP contribution in [0.25, 0.3) is 10.9 Å². The van der Waals surface area contributed by atoms with E-state index in [2.05, 4.69) is 44.2 Å². The summed E-state index contributed by atoms with van der Waals surface area (Å²) in [6.45, 7) is 4.83. The first-order valence-corrected chi connectivity index (χ1v) is 12.0. The highest BCUT2D eigenvalue weighted by Gasteiger charge is 2.14. The molecule has 4 aromatic rings. The zero-order valence-corrected chi connectivity index (χ0v) is 19.9. The van der Waals surface area contributed by atoms with Crippen LogP contribution in [-0.2, 0) is 0 Å². The Hall–Kier alpha value is -3.92. The summed E-state index contributed by atoms with van der Waals surface area (Å²) in [6.07, 6.45) is 3.67. The van der Waals surface area contributed by atoms with E-state index in [1.54, 1.807) is 6.33 Å². The maximum absolute atomic E-state index is 6.01. The lowest BCUT2D eigenvalue weighted by atomic mass is 10.1. The lowest BCUT2D eigenvalue weighted by Crippen LogP contribution is -2.39. The number of nitrogens with zero attached hydrogens (tertiary/aromatic N) is 3. The van der Waals surface area contributed by atoms with Crippen molar-refractivity contribution in [1.29, 1.82) is 0 Å². The van der Waals surface area contributed by atoms with E-state index in [4.69, 9.17) is 10.5 Å². The monoisotopic (exact) mass is 463 g/mol. The molecule has 6 heteroatoms. The molecular formula is C29H29N5O. The van der Waals surface area contributed by atoms with Gasteiger partial charge in [0.2, 0.25) is 0 Å². The van der Waals surface area contributed by atoms with Crippen LogP contribution in [0.3, 0.4) is 0 Å². The highest BCUT2D eigenvalue weighted by atomic mass is 16.5. The molecule has 1 aliphatic heterocycles. The van der Waals surface area contributed by atoms with Crippen LogP contribution >= 0.6 is 0 Å². The Labute approximate surface area is 206 Å². The van der Waals surface area contributed by atoms with Gasteiger partial charge in [-0.15, -0.1) is 0 Å². The number of piperidine rings is 1. The van der Waals surface area contributed by atoms with Crippen molar-refractivity contribution in [2.24, 2.45) is 5.73 Å². The Kier molecular flexibility index (Phi) is 6.89. The van der Waals surface area contributed by atoms with E-state index in [-0.39, 0.29) is 0 Å². The molecule has 1 aliphatic rings. The van der Waals surface area contributed by atoms with Crippen molar-refractivity contribution >= 4 is 22.4 Å². The summed E-state index contributed by atoms with van der Waals surface area (Å²) in [4.78, 5) is 11.3. The Balaban J connectivity index is 1.32. The van der Waals surface area contributed by atoms with E-state index in [0.29, 0.717) is 6.04 Å². The molecule has 176 valence electrons. The highest BCUT2D eigenvalue weighted by Crippen LogP contribution is 2.30. The minimum Gasteiger partial charge on any atom is -0.457 e. The van der Waals surface area contributed by atoms with Gasteiger partial charge in [-0.1, -0.05) is 30.0 Å². The van der Waals surface area contributed by atoms with Crippen molar-refractivity contribution in [3.63, 3.8) is 0 Å². The zero-order chi connectivity index (χ0) is 24.0. The molecule has 35 heavy (non-hydrogen) atoms. The zero-order valence-electron chi connectivity index (χ0n) is 19.9. The molecule has 0 bridgehead atoms. The van der Waals surface area contributed by atoms with Crippen LogP contribution in [0.4, 0.5) is 11.5 Å². The average Bonchev–Trinajstić information content (AvgIpc) is 2.88. The molecule has 0 amide bonds. The predicted octanol–water partition coefficient (Wildman–Crippen LogP) is 5.25. The van der Waals surface area contributed by atoms with Gasteiger partial charge in [0.25, 0.3) is 0 Å². The van der Waals surface area contributed by atoms with Crippen LogP contribution in [0.1, 0.15) is 24.0 Å². The van der Waals surface area contributed by atoms with Crippen molar-refractivity contribution in [2.45, 2.75) is 25.8 Å². The fraction of sp³-hybridized carbons (Fsp3) is 0.241. The summed E-state index contributed by atoms with van der Waals surface area (Å²) >= 11 is 0. The number of aryl methyl sites for hydroxylation is 1. The second kappa shape index (κ2) is 10.6. The Bertz CT molecular complexity index is 1370. The van der Waals surface area contributed by atoms with Gasteiger partial charge in [0.05, 0.1) is 12.1 Å². The minimum absolute atomic E-state index is 0.335. The topological polar surface area (TPSA) is 76.3 Å². The molecule has 0 aliphatic carbocycles. The van der Waals surface area contributed by atoms with E-state index < -0.39 is 0 Å². The van der Waals surface area contributed by atoms with Crippen molar-refractivity contribution in [3.05, 3.63) is 84.2 Å². The average molecular weight is 464 g/mol. The van der Waals surface area contributed by atoms with E-state index in [1.807, 2.05) is 61.5 Å². The van der Waals surface area contributed by atoms with Crippen LogP contribution in [0, 0.1) is 18.8 Å². The SMILES string of the molecule is Cc1cc(Nc2ncnc3ccc(C#CCN4CCC(N)CC4)cc23)ccc1Oc1ccccc1. The normalized spacial score (nSPS) is 14.3. The molecule has 1 aromatic heterocycles. The second-order valence-electron chi connectivity index (χ2n) is 8.89. The van der Waals surface area contributed by atoms with Crippen LogP contribution in [0.2, 0.25) is 0 Å². The van der Waals surface area contributed by atoms with Crippen molar-refractivity contribution in [2.75, 3.05) is 25.0 Å². The first-order valence-electron chi connectivity index (χ1n) is 12.0. The van der Waals surface area contributed by atoms with Crippen molar-refractivity contribution in [1.82, 2.24) is 14.9 Å². The van der Waals surface area contributed by atoms with Gasteiger partial charge in [-0.25, -0.2) is 9.97 Å². The van der Waals surface area contributed by atoms with E-state index in [1.165, 1.54) is 0 Å². The van der Waals surface area contributed by atoms with Crippen LogP contribution in [-0.4, -0.2) is 40.5 Å². The molecule has 0 spiro atoms. The van der Waals surface area contributed by atoms with Gasteiger partial charge in [-0.2, -0.15) is 0 Å². The molecule has 0 radical (unpaired) electrons. The number of benzene rings is 3. The number of ether oxygens (including phenoxy) is 1. The standard InChI is InChI=1S/C29H29N5O/c1-21-18-24(10-12-28(21)35-25-7-3-2-4-8-25)33-29-26-19-22(9-11-27(26)31-20-32-29)6-5-15-34-16-13-23(30)14-17-34/h2-4,7-12,18-20,23H,13-17,30H2,1H3,(H,31,32,33). The number of hydrogen-bond donors (Lipinski definition) is 2. The summed E-state index contributed by atoms with van der Waals surface area (Å²) in [5.41, 5.74) is 9.79.